The smallest absolute Gasteiger partial charge is 0.330 e. The van der Waals surface area contributed by atoms with Gasteiger partial charge >= 0.3 is 5.97 Å². The summed E-state index contributed by atoms with van der Waals surface area (Å²) in [4.78, 5) is 22.2. The molecule has 86 valence electrons. The van der Waals surface area contributed by atoms with Crippen LogP contribution in [0.15, 0.2) is 24.3 Å². The predicted molar refractivity (Wildman–Crippen MR) is 60.0 cm³/mol. The third-order valence-corrected chi connectivity index (χ3v) is 2.28. The summed E-state index contributed by atoms with van der Waals surface area (Å²) in [7, 11) is 0. The van der Waals surface area contributed by atoms with Gasteiger partial charge in [0.25, 0.3) is 0 Å². The number of hydrogen-bond donors (Lipinski definition) is 2. The molecule has 4 nitrogen and oxygen atoms in total. The summed E-state index contributed by atoms with van der Waals surface area (Å²) in [6, 6.07) is 6.11. The average Bonchev–Trinajstić information content (AvgIpc) is 2.26. The average molecular weight is 221 g/mol. The molecule has 0 radical (unpaired) electrons. The van der Waals surface area contributed by atoms with Crippen LogP contribution in [0.4, 0.5) is 0 Å². The van der Waals surface area contributed by atoms with Crippen molar-refractivity contribution < 1.29 is 14.7 Å². The molecule has 0 aliphatic carbocycles. The Morgan fingerprint density at radius 1 is 1.31 bits per heavy atom. The minimum atomic E-state index is -1.05. The maximum Gasteiger partial charge on any atom is 0.330 e. The molecule has 0 spiro atoms. The number of benzene rings is 1. The second-order valence-corrected chi connectivity index (χ2v) is 3.60. The second-order valence-electron chi connectivity index (χ2n) is 3.60. The van der Waals surface area contributed by atoms with E-state index in [1.165, 1.54) is 0 Å². The van der Waals surface area contributed by atoms with Crippen LogP contribution in [0.5, 0.6) is 0 Å². The minimum absolute atomic E-state index is 0.270. The summed E-state index contributed by atoms with van der Waals surface area (Å²) >= 11 is 0. The van der Waals surface area contributed by atoms with Crippen molar-refractivity contribution in [1.29, 1.82) is 0 Å². The van der Waals surface area contributed by atoms with Crippen LogP contribution in [0.2, 0.25) is 0 Å². The maximum atomic E-state index is 11.2. The number of carboxylic acids is 1. The number of hydrogen-bond acceptors (Lipinski definition) is 2. The van der Waals surface area contributed by atoms with Gasteiger partial charge in [-0.15, -0.1) is 0 Å². The molecule has 0 fully saturated rings. The molecule has 2 N–H and O–H groups in total. The normalized spacial score (nSPS) is 11.9. The Kier molecular flexibility index (Phi) is 4.05. The van der Waals surface area contributed by atoms with Crippen LogP contribution in [-0.4, -0.2) is 17.0 Å². The van der Waals surface area contributed by atoms with E-state index in [1.807, 2.05) is 19.1 Å². The van der Waals surface area contributed by atoms with Crippen molar-refractivity contribution in [2.45, 2.75) is 26.3 Å². The van der Waals surface area contributed by atoms with E-state index in [4.69, 9.17) is 5.11 Å². The monoisotopic (exact) mass is 221 g/mol. The first-order chi connectivity index (χ1) is 7.54. The van der Waals surface area contributed by atoms with E-state index in [0.717, 1.165) is 5.56 Å². The predicted octanol–water partition coefficient (Wildman–Crippen LogP) is 1.65. The number of rotatable bonds is 4. The molecule has 0 saturated carbocycles. The van der Waals surface area contributed by atoms with Crippen molar-refractivity contribution in [1.82, 2.24) is 5.32 Å². The van der Waals surface area contributed by atoms with E-state index in [9.17, 15) is 9.59 Å². The van der Waals surface area contributed by atoms with E-state index in [1.54, 1.807) is 19.1 Å². The first-order valence-corrected chi connectivity index (χ1v) is 5.13. The van der Waals surface area contributed by atoms with Crippen molar-refractivity contribution in [2.75, 3.05) is 0 Å². The SMILES string of the molecule is CCC(=O)NC(C(=O)O)c1ccc(C)cc1. The van der Waals surface area contributed by atoms with Crippen LogP contribution in [0.1, 0.15) is 30.5 Å². The van der Waals surface area contributed by atoms with Gasteiger partial charge in [0.05, 0.1) is 0 Å². The van der Waals surface area contributed by atoms with Gasteiger partial charge in [0.15, 0.2) is 6.04 Å². The number of aryl methyl sites for hydroxylation is 1. The van der Waals surface area contributed by atoms with Gasteiger partial charge in [-0.2, -0.15) is 0 Å². The fourth-order valence-corrected chi connectivity index (χ4v) is 1.31. The van der Waals surface area contributed by atoms with Crippen molar-refractivity contribution in [3.8, 4) is 0 Å². The minimum Gasteiger partial charge on any atom is -0.479 e. The van der Waals surface area contributed by atoms with Gasteiger partial charge in [0.2, 0.25) is 5.91 Å². The molecule has 1 aromatic carbocycles. The van der Waals surface area contributed by atoms with Crippen LogP contribution in [0, 0.1) is 6.92 Å². The Bertz CT molecular complexity index is 384. The summed E-state index contributed by atoms with van der Waals surface area (Å²) in [6.45, 7) is 3.60. The fourth-order valence-electron chi connectivity index (χ4n) is 1.31. The summed E-state index contributed by atoms with van der Waals surface area (Å²) in [5.74, 6) is -1.32. The van der Waals surface area contributed by atoms with Crippen LogP contribution >= 0.6 is 0 Å². The van der Waals surface area contributed by atoms with Crippen molar-refractivity contribution >= 4 is 11.9 Å². The van der Waals surface area contributed by atoms with E-state index in [2.05, 4.69) is 5.32 Å². The van der Waals surface area contributed by atoms with Crippen molar-refractivity contribution in [3.05, 3.63) is 35.4 Å². The first-order valence-electron chi connectivity index (χ1n) is 5.13. The zero-order valence-electron chi connectivity index (χ0n) is 9.36. The largest absolute Gasteiger partial charge is 0.479 e. The maximum absolute atomic E-state index is 11.2. The lowest BCUT2D eigenvalue weighted by molar-refractivity contribution is -0.142. The molecule has 0 bridgehead atoms. The van der Waals surface area contributed by atoms with Crippen molar-refractivity contribution in [2.24, 2.45) is 0 Å². The number of nitrogens with one attached hydrogen (secondary N) is 1. The summed E-state index contributed by atoms with van der Waals surface area (Å²) in [5, 5.41) is 11.5. The van der Waals surface area contributed by atoms with E-state index in [-0.39, 0.29) is 12.3 Å². The van der Waals surface area contributed by atoms with Crippen LogP contribution in [0.3, 0.4) is 0 Å². The third-order valence-electron chi connectivity index (χ3n) is 2.28. The molecular formula is C12H15NO3. The third kappa shape index (κ3) is 3.08. The topological polar surface area (TPSA) is 66.4 Å². The number of amides is 1. The van der Waals surface area contributed by atoms with Crippen LogP contribution in [-0.2, 0) is 9.59 Å². The Balaban J connectivity index is 2.89. The molecule has 0 aliphatic rings. The molecule has 1 aromatic rings. The molecule has 16 heavy (non-hydrogen) atoms. The number of carbonyl (C=O) groups is 2. The zero-order chi connectivity index (χ0) is 12.1. The number of carbonyl (C=O) groups excluding carboxylic acids is 1. The highest BCUT2D eigenvalue weighted by Gasteiger charge is 2.20. The highest BCUT2D eigenvalue weighted by Crippen LogP contribution is 2.14. The Morgan fingerprint density at radius 3 is 2.31 bits per heavy atom. The van der Waals surface area contributed by atoms with Crippen molar-refractivity contribution in [3.63, 3.8) is 0 Å². The van der Waals surface area contributed by atoms with Gasteiger partial charge in [-0.05, 0) is 12.5 Å². The lowest BCUT2D eigenvalue weighted by Crippen LogP contribution is -2.33. The molecule has 0 saturated heterocycles. The molecule has 0 heterocycles. The van der Waals surface area contributed by atoms with E-state index < -0.39 is 12.0 Å². The van der Waals surface area contributed by atoms with Gasteiger partial charge in [-0.25, -0.2) is 4.79 Å². The molecule has 0 aromatic heterocycles. The van der Waals surface area contributed by atoms with Crippen LogP contribution < -0.4 is 5.32 Å². The van der Waals surface area contributed by atoms with E-state index in [0.29, 0.717) is 5.56 Å². The molecule has 1 atom stereocenters. The Labute approximate surface area is 94.3 Å². The van der Waals surface area contributed by atoms with Gasteiger partial charge in [-0.3, -0.25) is 4.79 Å². The summed E-state index contributed by atoms with van der Waals surface area (Å²) in [6.07, 6.45) is 0.273. The van der Waals surface area contributed by atoms with Gasteiger partial charge < -0.3 is 10.4 Å². The quantitative estimate of drug-likeness (QED) is 0.812. The summed E-state index contributed by atoms with van der Waals surface area (Å²) < 4.78 is 0. The van der Waals surface area contributed by atoms with Gasteiger partial charge in [-0.1, -0.05) is 36.8 Å². The number of carboxylic acid groups (broad SMARTS) is 1. The second kappa shape index (κ2) is 5.30. The lowest BCUT2D eigenvalue weighted by Gasteiger charge is -2.14. The first kappa shape index (κ1) is 12.2. The Hall–Kier alpha value is -1.84. The zero-order valence-corrected chi connectivity index (χ0v) is 9.36. The molecule has 1 unspecified atom stereocenters. The van der Waals surface area contributed by atoms with Crippen LogP contribution in [0.25, 0.3) is 0 Å². The highest BCUT2D eigenvalue weighted by atomic mass is 16.4. The number of aliphatic carboxylic acids is 1. The summed E-state index contributed by atoms with van der Waals surface area (Å²) in [5.41, 5.74) is 1.63. The fraction of sp³-hybridized carbons (Fsp3) is 0.333. The molecule has 4 heteroatoms. The molecular weight excluding hydrogens is 206 g/mol. The van der Waals surface area contributed by atoms with E-state index >= 15 is 0 Å². The molecule has 1 rings (SSSR count). The Morgan fingerprint density at radius 2 is 1.88 bits per heavy atom. The molecule has 0 aliphatic heterocycles. The standard InChI is InChI=1S/C12H15NO3/c1-3-10(14)13-11(12(15)16)9-6-4-8(2)5-7-9/h4-7,11H,3H2,1-2H3,(H,13,14)(H,15,16). The van der Waals surface area contributed by atoms with Gasteiger partial charge in [0, 0.05) is 6.42 Å². The lowest BCUT2D eigenvalue weighted by atomic mass is 10.1. The van der Waals surface area contributed by atoms with Gasteiger partial charge in [0.1, 0.15) is 0 Å². The highest BCUT2D eigenvalue weighted by molar-refractivity contribution is 5.84. The molecule has 1 amide bonds.